The third kappa shape index (κ3) is 27.6. The largest absolute Gasteiger partial charge is 0.465 e. The molecule has 0 rings (SSSR count). The van der Waals surface area contributed by atoms with E-state index in [1.54, 1.807) is 13.8 Å². The molecule has 1 amide bonds. The number of rotatable bonds is 5. The van der Waals surface area contributed by atoms with Crippen molar-refractivity contribution in [3.63, 3.8) is 0 Å². The van der Waals surface area contributed by atoms with Crippen LogP contribution in [0, 0.1) is 0 Å². The maximum absolute atomic E-state index is 10.8. The molecule has 1 atom stereocenters. The fourth-order valence-corrected chi connectivity index (χ4v) is 0.532. The average Bonchev–Trinajstić information content (AvgIpc) is 2.45. The molecule has 0 aromatic rings. The summed E-state index contributed by atoms with van der Waals surface area (Å²) in [6.45, 7) is 14.4. The van der Waals surface area contributed by atoms with Crippen LogP contribution >= 0.6 is 11.8 Å². The van der Waals surface area contributed by atoms with Crippen LogP contribution in [0.4, 0.5) is 0 Å². The van der Waals surface area contributed by atoms with Gasteiger partial charge in [-0.05, 0) is 20.1 Å². The van der Waals surface area contributed by atoms with E-state index in [1.807, 2.05) is 11.8 Å². The number of nitrogens with two attached hydrogens (primary N) is 1. The normalized spacial score (nSPS) is 11.1. The van der Waals surface area contributed by atoms with Crippen LogP contribution in [-0.2, 0) is 14.3 Å². The Morgan fingerprint density at radius 2 is 1.59 bits per heavy atom. The van der Waals surface area contributed by atoms with E-state index in [-0.39, 0.29) is 12.5 Å². The molecule has 0 saturated heterocycles. The van der Waals surface area contributed by atoms with Gasteiger partial charge in [-0.2, -0.15) is 11.8 Å². The first-order valence-corrected chi connectivity index (χ1v) is 9.02. The number of hydrogen-bond donors (Lipinski definition) is 2. The number of nitrogens with one attached hydrogen (secondary N) is 1. The zero-order valence-electron chi connectivity index (χ0n) is 15.6. The van der Waals surface area contributed by atoms with Gasteiger partial charge in [-0.15, -0.1) is 0 Å². The molecule has 0 heterocycles. The summed E-state index contributed by atoms with van der Waals surface area (Å²) in [5.74, 6) is -0.811. The smallest absolute Gasteiger partial charge is 0.325 e. The summed E-state index contributed by atoms with van der Waals surface area (Å²) < 4.78 is 5.04. The second-order valence-corrected chi connectivity index (χ2v) is 7.26. The summed E-state index contributed by atoms with van der Waals surface area (Å²) in [6, 6.07) is -0.598. The Kier molecular flexibility index (Phi) is 19.8. The number of amides is 1. The van der Waals surface area contributed by atoms with Crippen molar-refractivity contribution >= 4 is 23.6 Å². The summed E-state index contributed by atoms with van der Waals surface area (Å²) in [7, 11) is 0. The van der Waals surface area contributed by atoms with Crippen LogP contribution in [0.3, 0.4) is 0 Å². The molecule has 0 fully saturated rings. The minimum atomic E-state index is -0.598. The molecular weight excluding hydrogens is 300 g/mol. The third-order valence-electron chi connectivity index (χ3n) is 2.24. The molecule has 0 aromatic carbocycles. The van der Waals surface area contributed by atoms with Gasteiger partial charge in [-0.3, -0.25) is 9.59 Å². The van der Waals surface area contributed by atoms with Crippen LogP contribution in [0.1, 0.15) is 61.3 Å². The van der Waals surface area contributed by atoms with Crippen molar-refractivity contribution in [1.82, 2.24) is 5.32 Å². The lowest BCUT2D eigenvalue weighted by molar-refractivity contribution is -0.143. The molecule has 22 heavy (non-hydrogen) atoms. The second kappa shape index (κ2) is 16.6. The Morgan fingerprint density at radius 1 is 1.18 bits per heavy atom. The van der Waals surface area contributed by atoms with Gasteiger partial charge in [0.15, 0.2) is 0 Å². The fraction of sp³-hybridized carbons (Fsp3) is 0.875. The lowest BCUT2D eigenvalue weighted by Gasteiger charge is -2.12. The Hall–Kier alpha value is -0.750. The van der Waals surface area contributed by atoms with Crippen molar-refractivity contribution < 1.29 is 14.3 Å². The zero-order valence-corrected chi connectivity index (χ0v) is 16.4. The van der Waals surface area contributed by atoms with Gasteiger partial charge in [0.25, 0.3) is 0 Å². The molecule has 1 unspecified atom stereocenters. The predicted octanol–water partition coefficient (Wildman–Crippen LogP) is 2.97. The molecule has 0 aliphatic carbocycles. The van der Waals surface area contributed by atoms with E-state index in [9.17, 15) is 9.59 Å². The molecule has 0 aromatic heterocycles. The molecule has 0 radical (unpaired) electrons. The summed E-state index contributed by atoms with van der Waals surface area (Å²) in [5.41, 5.74) is 5.23. The Balaban J connectivity index is -0.000000300. The first-order valence-electron chi connectivity index (χ1n) is 7.79. The highest BCUT2D eigenvalue weighted by Gasteiger charge is 2.08. The highest BCUT2D eigenvalue weighted by molar-refractivity contribution is 7.99. The lowest BCUT2D eigenvalue weighted by Crippen LogP contribution is -2.41. The van der Waals surface area contributed by atoms with Gasteiger partial charge in [0.05, 0.1) is 12.6 Å². The zero-order chi connectivity index (χ0) is 18.2. The lowest BCUT2D eigenvalue weighted by atomic mass is 10.3. The standard InChI is InChI=1S/C7H14N2O3.C5H12S.C4H10/c1-3-12-6(10)4-9-7(11)5(2)8;1-5(2,3)6-4;1-3-4-2/h5H,3-4,8H2,1-2H3,(H,9,11);1-4H3;3-4H2,1-2H3. The van der Waals surface area contributed by atoms with Gasteiger partial charge in [-0.1, -0.05) is 47.5 Å². The number of esters is 1. The highest BCUT2D eigenvalue weighted by atomic mass is 32.2. The van der Waals surface area contributed by atoms with E-state index in [4.69, 9.17) is 5.73 Å². The maximum Gasteiger partial charge on any atom is 0.325 e. The van der Waals surface area contributed by atoms with E-state index in [0.29, 0.717) is 11.4 Å². The SMILES string of the molecule is CCCC.CCOC(=O)CNC(=O)C(C)N.CSC(C)(C)C. The van der Waals surface area contributed by atoms with Crippen molar-refractivity contribution in [2.45, 2.75) is 72.1 Å². The van der Waals surface area contributed by atoms with Crippen LogP contribution in [0.15, 0.2) is 0 Å². The van der Waals surface area contributed by atoms with Crippen molar-refractivity contribution in [2.24, 2.45) is 5.73 Å². The van der Waals surface area contributed by atoms with Crippen LogP contribution in [-0.4, -0.2) is 42.1 Å². The summed E-state index contributed by atoms with van der Waals surface area (Å²) in [6.07, 6.45) is 4.76. The van der Waals surface area contributed by atoms with Crippen LogP contribution in [0.2, 0.25) is 0 Å². The molecule has 5 nitrogen and oxygen atoms in total. The minimum absolute atomic E-state index is 0.117. The van der Waals surface area contributed by atoms with Gasteiger partial charge >= 0.3 is 5.97 Å². The van der Waals surface area contributed by atoms with Crippen LogP contribution in [0.25, 0.3) is 0 Å². The topological polar surface area (TPSA) is 81.4 Å². The van der Waals surface area contributed by atoms with Crippen molar-refractivity contribution in [3.8, 4) is 0 Å². The van der Waals surface area contributed by atoms with E-state index < -0.39 is 12.0 Å². The van der Waals surface area contributed by atoms with E-state index >= 15 is 0 Å². The number of thioether (sulfide) groups is 1. The van der Waals surface area contributed by atoms with Gasteiger partial charge in [0.2, 0.25) is 5.91 Å². The third-order valence-corrected chi connectivity index (χ3v) is 3.46. The molecular formula is C16H36N2O3S. The number of unbranched alkanes of at least 4 members (excludes halogenated alkanes) is 1. The molecule has 0 saturated carbocycles. The fourth-order valence-electron chi connectivity index (χ4n) is 0.532. The van der Waals surface area contributed by atoms with E-state index in [2.05, 4.69) is 50.9 Å². The average molecular weight is 337 g/mol. The van der Waals surface area contributed by atoms with Gasteiger partial charge < -0.3 is 15.8 Å². The minimum Gasteiger partial charge on any atom is -0.465 e. The van der Waals surface area contributed by atoms with Crippen LogP contribution < -0.4 is 11.1 Å². The van der Waals surface area contributed by atoms with Gasteiger partial charge in [-0.25, -0.2) is 0 Å². The number of carbonyl (C=O) groups excluding carboxylic acids is 2. The summed E-state index contributed by atoms with van der Waals surface area (Å²) in [5, 5.41) is 2.33. The number of ether oxygens (including phenoxy) is 1. The Morgan fingerprint density at radius 3 is 1.82 bits per heavy atom. The van der Waals surface area contributed by atoms with Crippen LogP contribution in [0.5, 0.6) is 0 Å². The summed E-state index contributed by atoms with van der Waals surface area (Å²) in [4.78, 5) is 21.5. The van der Waals surface area contributed by atoms with Crippen molar-refractivity contribution in [1.29, 1.82) is 0 Å². The predicted molar refractivity (Wildman–Crippen MR) is 97.1 cm³/mol. The molecule has 0 bridgehead atoms. The second-order valence-electron chi connectivity index (χ2n) is 5.63. The Labute approximate surface area is 141 Å². The van der Waals surface area contributed by atoms with E-state index in [1.165, 1.54) is 12.8 Å². The molecule has 0 spiro atoms. The van der Waals surface area contributed by atoms with Gasteiger partial charge in [0, 0.05) is 4.75 Å². The van der Waals surface area contributed by atoms with Gasteiger partial charge in [0.1, 0.15) is 6.54 Å². The monoisotopic (exact) mass is 336 g/mol. The number of carbonyl (C=O) groups is 2. The Bertz CT molecular complexity index is 275. The molecule has 0 aliphatic rings. The number of hydrogen-bond acceptors (Lipinski definition) is 5. The molecule has 0 aliphatic heterocycles. The van der Waals surface area contributed by atoms with Crippen molar-refractivity contribution in [2.75, 3.05) is 19.4 Å². The maximum atomic E-state index is 10.8. The highest BCUT2D eigenvalue weighted by Crippen LogP contribution is 2.18. The summed E-state index contributed by atoms with van der Waals surface area (Å²) >= 11 is 1.88. The molecule has 134 valence electrons. The quantitative estimate of drug-likeness (QED) is 0.754. The molecule has 6 heteroatoms. The van der Waals surface area contributed by atoms with Crippen molar-refractivity contribution in [3.05, 3.63) is 0 Å². The first-order chi connectivity index (χ1) is 10.0. The molecule has 3 N–H and O–H groups in total. The first kappa shape index (κ1) is 26.2. The van der Waals surface area contributed by atoms with E-state index in [0.717, 1.165) is 0 Å².